The quantitative estimate of drug-likeness (QED) is 0.792. The Hall–Kier alpha value is -1.20. The topological polar surface area (TPSA) is 33.0 Å². The molecule has 96 valence electrons. The Labute approximate surface area is 114 Å². The minimum Gasteiger partial charge on any atom is -0.489 e. The van der Waals surface area contributed by atoms with Crippen molar-refractivity contribution in [2.75, 3.05) is 0 Å². The fourth-order valence-corrected chi connectivity index (χ4v) is 3.61. The predicted molar refractivity (Wildman–Crippen MR) is 72.8 cm³/mol. The summed E-state index contributed by atoms with van der Waals surface area (Å²) in [5.41, 5.74) is 0.851. The van der Waals surface area contributed by atoms with Crippen molar-refractivity contribution in [3.63, 3.8) is 0 Å². The van der Waals surface area contributed by atoms with Crippen molar-refractivity contribution in [1.29, 1.82) is 5.26 Å². The van der Waals surface area contributed by atoms with Gasteiger partial charge in [-0.25, -0.2) is 0 Å². The number of benzene rings is 1. The first-order valence-electron chi connectivity index (χ1n) is 6.12. The molecule has 0 unspecified atom stereocenters. The molecule has 1 saturated carbocycles. The van der Waals surface area contributed by atoms with Gasteiger partial charge in [0, 0.05) is 16.9 Å². The zero-order chi connectivity index (χ0) is 13.6. The number of halogens is 1. The fraction of sp³-hybridized carbons (Fsp3) is 0.533. The Morgan fingerprint density at radius 1 is 1.28 bits per heavy atom. The molecular formula is C15H18ClNO. The monoisotopic (exact) mass is 263 g/mol. The molecule has 0 spiro atoms. The molecule has 1 aromatic carbocycles. The van der Waals surface area contributed by atoms with E-state index in [4.69, 9.17) is 21.6 Å². The van der Waals surface area contributed by atoms with Crippen LogP contribution in [0.15, 0.2) is 18.2 Å². The van der Waals surface area contributed by atoms with E-state index < -0.39 is 0 Å². The van der Waals surface area contributed by atoms with E-state index in [1.165, 1.54) is 0 Å². The third-order valence-electron chi connectivity index (χ3n) is 3.65. The number of nitriles is 1. The molecule has 0 radical (unpaired) electrons. The summed E-state index contributed by atoms with van der Waals surface area (Å²) in [7, 11) is 0. The highest BCUT2D eigenvalue weighted by molar-refractivity contribution is 6.31. The number of ether oxygens (including phenoxy) is 1. The maximum Gasteiger partial charge on any atom is 0.121 e. The Balaban J connectivity index is 2.20. The summed E-state index contributed by atoms with van der Waals surface area (Å²) in [4.78, 5) is 0. The standard InChI is InChI=1S/C15H18ClNO/c1-14(2)9-15(3,4)13(14)18-11-6-5-10(8-17)12(16)7-11/h5-7,13H,9H2,1-4H3. The molecule has 0 aliphatic heterocycles. The molecule has 1 aliphatic rings. The largest absolute Gasteiger partial charge is 0.489 e. The van der Waals surface area contributed by atoms with Crippen LogP contribution in [0.25, 0.3) is 0 Å². The molecule has 0 bridgehead atoms. The molecule has 0 saturated heterocycles. The van der Waals surface area contributed by atoms with Crippen LogP contribution in [-0.2, 0) is 0 Å². The van der Waals surface area contributed by atoms with E-state index in [2.05, 4.69) is 27.7 Å². The van der Waals surface area contributed by atoms with Gasteiger partial charge in [0.1, 0.15) is 17.9 Å². The Morgan fingerprint density at radius 2 is 1.89 bits per heavy atom. The summed E-state index contributed by atoms with van der Waals surface area (Å²) >= 11 is 6.01. The number of nitrogens with zero attached hydrogens (tertiary/aromatic N) is 1. The molecular weight excluding hydrogens is 246 g/mol. The molecule has 0 aromatic heterocycles. The van der Waals surface area contributed by atoms with Gasteiger partial charge in [-0.1, -0.05) is 39.3 Å². The Morgan fingerprint density at radius 3 is 2.33 bits per heavy atom. The van der Waals surface area contributed by atoms with Crippen LogP contribution in [0.1, 0.15) is 39.7 Å². The molecule has 3 heteroatoms. The van der Waals surface area contributed by atoms with Crippen LogP contribution in [0.3, 0.4) is 0 Å². The van der Waals surface area contributed by atoms with Gasteiger partial charge in [0.05, 0.1) is 10.6 Å². The van der Waals surface area contributed by atoms with Crippen LogP contribution in [0, 0.1) is 22.2 Å². The van der Waals surface area contributed by atoms with Crippen LogP contribution < -0.4 is 4.74 Å². The zero-order valence-electron chi connectivity index (χ0n) is 11.2. The van der Waals surface area contributed by atoms with Crippen LogP contribution in [0.4, 0.5) is 0 Å². The van der Waals surface area contributed by atoms with Gasteiger partial charge in [0.15, 0.2) is 0 Å². The summed E-state index contributed by atoms with van der Waals surface area (Å²) in [5.74, 6) is 0.741. The van der Waals surface area contributed by atoms with Gasteiger partial charge in [-0.3, -0.25) is 0 Å². The summed E-state index contributed by atoms with van der Waals surface area (Å²) in [6, 6.07) is 7.29. The highest BCUT2D eigenvalue weighted by Gasteiger charge is 2.54. The summed E-state index contributed by atoms with van der Waals surface area (Å²) in [6.07, 6.45) is 1.32. The average molecular weight is 264 g/mol. The summed E-state index contributed by atoms with van der Waals surface area (Å²) in [5, 5.41) is 9.29. The van der Waals surface area contributed by atoms with Crippen molar-refractivity contribution in [3.8, 4) is 11.8 Å². The van der Waals surface area contributed by atoms with Crippen LogP contribution in [0.5, 0.6) is 5.75 Å². The minimum absolute atomic E-state index is 0.175. The van der Waals surface area contributed by atoms with Gasteiger partial charge in [-0.05, 0) is 18.6 Å². The molecule has 2 nitrogen and oxygen atoms in total. The van der Waals surface area contributed by atoms with Gasteiger partial charge >= 0.3 is 0 Å². The van der Waals surface area contributed by atoms with E-state index >= 15 is 0 Å². The van der Waals surface area contributed by atoms with Crippen molar-refractivity contribution < 1.29 is 4.74 Å². The van der Waals surface area contributed by atoms with Gasteiger partial charge < -0.3 is 4.74 Å². The maximum atomic E-state index is 8.84. The third-order valence-corrected chi connectivity index (χ3v) is 3.96. The zero-order valence-corrected chi connectivity index (χ0v) is 12.0. The molecule has 0 amide bonds. The van der Waals surface area contributed by atoms with Gasteiger partial charge in [-0.2, -0.15) is 5.26 Å². The van der Waals surface area contributed by atoms with Crippen LogP contribution in [-0.4, -0.2) is 6.10 Å². The Bertz CT molecular complexity index is 500. The average Bonchev–Trinajstić information content (AvgIpc) is 2.24. The molecule has 2 rings (SSSR count). The van der Waals surface area contributed by atoms with Crippen molar-refractivity contribution in [2.45, 2.75) is 40.2 Å². The second-order valence-electron chi connectivity index (χ2n) is 6.41. The first-order chi connectivity index (χ1) is 8.26. The highest BCUT2D eigenvalue weighted by atomic mass is 35.5. The molecule has 0 heterocycles. The Kier molecular flexibility index (Phi) is 3.07. The minimum atomic E-state index is 0.175. The lowest BCUT2D eigenvalue weighted by atomic mass is 9.53. The molecule has 1 fully saturated rings. The summed E-state index contributed by atoms with van der Waals surface area (Å²) in [6.45, 7) is 8.87. The van der Waals surface area contributed by atoms with Crippen molar-refractivity contribution in [2.24, 2.45) is 10.8 Å². The van der Waals surface area contributed by atoms with E-state index in [0.29, 0.717) is 10.6 Å². The molecule has 18 heavy (non-hydrogen) atoms. The number of rotatable bonds is 2. The predicted octanol–water partition coefficient (Wildman–Crippen LogP) is 4.42. The van der Waals surface area contributed by atoms with E-state index in [-0.39, 0.29) is 16.9 Å². The number of hydrogen-bond donors (Lipinski definition) is 0. The van der Waals surface area contributed by atoms with Crippen LogP contribution in [0.2, 0.25) is 5.02 Å². The van der Waals surface area contributed by atoms with E-state index in [1.807, 2.05) is 12.1 Å². The molecule has 0 atom stereocenters. The molecule has 1 aliphatic carbocycles. The third kappa shape index (κ3) is 2.20. The second-order valence-corrected chi connectivity index (χ2v) is 6.81. The smallest absolute Gasteiger partial charge is 0.121 e. The van der Waals surface area contributed by atoms with Crippen LogP contribution >= 0.6 is 11.6 Å². The van der Waals surface area contributed by atoms with E-state index in [0.717, 1.165) is 12.2 Å². The molecule has 1 aromatic rings. The van der Waals surface area contributed by atoms with Crippen molar-refractivity contribution >= 4 is 11.6 Å². The van der Waals surface area contributed by atoms with Gasteiger partial charge in [-0.15, -0.1) is 0 Å². The lowest BCUT2D eigenvalue weighted by molar-refractivity contribution is -0.133. The van der Waals surface area contributed by atoms with Gasteiger partial charge in [0.2, 0.25) is 0 Å². The SMILES string of the molecule is CC1(C)CC(C)(C)C1Oc1ccc(C#N)c(Cl)c1. The van der Waals surface area contributed by atoms with Crippen molar-refractivity contribution in [1.82, 2.24) is 0 Å². The van der Waals surface area contributed by atoms with Crippen molar-refractivity contribution in [3.05, 3.63) is 28.8 Å². The first kappa shape index (κ1) is 13.2. The lowest BCUT2D eigenvalue weighted by Crippen LogP contribution is -2.58. The lowest BCUT2D eigenvalue weighted by Gasteiger charge is -2.56. The molecule has 0 N–H and O–H groups in total. The normalized spacial score (nSPS) is 20.9. The van der Waals surface area contributed by atoms with E-state index in [1.54, 1.807) is 12.1 Å². The van der Waals surface area contributed by atoms with E-state index in [9.17, 15) is 0 Å². The number of hydrogen-bond acceptors (Lipinski definition) is 2. The highest BCUT2D eigenvalue weighted by Crippen LogP contribution is 2.55. The maximum absolute atomic E-state index is 8.84. The second kappa shape index (κ2) is 4.17. The summed E-state index contributed by atoms with van der Waals surface area (Å²) < 4.78 is 6.07. The first-order valence-corrected chi connectivity index (χ1v) is 6.50. The fourth-order valence-electron chi connectivity index (χ4n) is 3.40. The van der Waals surface area contributed by atoms with Gasteiger partial charge in [0.25, 0.3) is 0 Å².